The Morgan fingerprint density at radius 3 is 2.28 bits per heavy atom. The maximum Gasteiger partial charge on any atom is 0.290 e. The largest absolute Gasteiger partial charge is 0.360 e. The van der Waals surface area contributed by atoms with Gasteiger partial charge in [-0.25, -0.2) is 4.68 Å². The van der Waals surface area contributed by atoms with Crippen molar-refractivity contribution in [1.82, 2.24) is 25.8 Å². The van der Waals surface area contributed by atoms with Crippen LogP contribution in [-0.2, 0) is 0 Å². The first-order valence-electron chi connectivity index (χ1n) is 9.30. The molecule has 9 nitrogen and oxygen atoms in total. The molecule has 29 heavy (non-hydrogen) atoms. The minimum Gasteiger partial charge on any atom is -0.360 e. The number of hydrazine groups is 1. The van der Waals surface area contributed by atoms with Crippen molar-refractivity contribution >= 4 is 22.6 Å². The van der Waals surface area contributed by atoms with Crippen molar-refractivity contribution in [2.75, 3.05) is 0 Å². The SMILES string of the molecule is Cc1noc(C(C)C)c1C(=O)NNC(=O)c1nn(C(C)C)c(=O)c2ccccc12. The number of aryl methyl sites for hydroxylation is 1. The summed E-state index contributed by atoms with van der Waals surface area (Å²) in [4.78, 5) is 37.9. The van der Waals surface area contributed by atoms with Gasteiger partial charge in [0.05, 0.1) is 17.1 Å². The van der Waals surface area contributed by atoms with E-state index in [2.05, 4.69) is 21.1 Å². The summed E-state index contributed by atoms with van der Waals surface area (Å²) in [5.74, 6) is -0.787. The normalized spacial score (nSPS) is 11.3. The van der Waals surface area contributed by atoms with Gasteiger partial charge in [0.1, 0.15) is 5.56 Å². The highest BCUT2D eigenvalue weighted by atomic mass is 16.5. The highest BCUT2D eigenvalue weighted by Gasteiger charge is 2.24. The van der Waals surface area contributed by atoms with Crippen molar-refractivity contribution in [1.29, 1.82) is 0 Å². The van der Waals surface area contributed by atoms with E-state index in [0.717, 1.165) is 0 Å². The van der Waals surface area contributed by atoms with E-state index in [9.17, 15) is 14.4 Å². The third-order valence-corrected chi connectivity index (χ3v) is 4.46. The average Bonchev–Trinajstić information content (AvgIpc) is 3.08. The van der Waals surface area contributed by atoms with Gasteiger partial charge in [-0.05, 0) is 26.8 Å². The van der Waals surface area contributed by atoms with Crippen LogP contribution in [0.5, 0.6) is 0 Å². The molecule has 0 saturated carbocycles. The molecule has 0 bridgehead atoms. The molecule has 0 aliphatic heterocycles. The Hall–Kier alpha value is -3.49. The smallest absolute Gasteiger partial charge is 0.290 e. The number of carbonyl (C=O) groups is 2. The van der Waals surface area contributed by atoms with Crippen LogP contribution in [0.15, 0.2) is 33.6 Å². The number of rotatable bonds is 4. The summed E-state index contributed by atoms with van der Waals surface area (Å²) in [6, 6.07) is 6.49. The molecule has 2 heterocycles. The van der Waals surface area contributed by atoms with Gasteiger partial charge >= 0.3 is 0 Å². The van der Waals surface area contributed by atoms with E-state index in [0.29, 0.717) is 22.2 Å². The summed E-state index contributed by atoms with van der Waals surface area (Å²) in [7, 11) is 0. The Morgan fingerprint density at radius 2 is 1.66 bits per heavy atom. The minimum atomic E-state index is -0.635. The third kappa shape index (κ3) is 3.75. The molecule has 2 aromatic heterocycles. The molecule has 0 aliphatic rings. The van der Waals surface area contributed by atoms with E-state index < -0.39 is 11.8 Å². The van der Waals surface area contributed by atoms with Crippen LogP contribution in [0.1, 0.15) is 72.0 Å². The number of fused-ring (bicyclic) bond motifs is 1. The zero-order chi connectivity index (χ0) is 21.3. The number of benzene rings is 1. The van der Waals surface area contributed by atoms with Crippen LogP contribution in [0.4, 0.5) is 0 Å². The van der Waals surface area contributed by atoms with Crippen LogP contribution in [-0.4, -0.2) is 26.8 Å². The summed E-state index contributed by atoms with van der Waals surface area (Å²) in [5, 5.41) is 8.83. The lowest BCUT2D eigenvalue weighted by Crippen LogP contribution is -2.43. The predicted molar refractivity (Wildman–Crippen MR) is 107 cm³/mol. The quantitative estimate of drug-likeness (QED) is 0.653. The van der Waals surface area contributed by atoms with Gasteiger partial charge in [0, 0.05) is 11.3 Å². The molecule has 152 valence electrons. The van der Waals surface area contributed by atoms with E-state index in [1.807, 2.05) is 13.8 Å². The number of amides is 2. The van der Waals surface area contributed by atoms with Crippen LogP contribution in [0.25, 0.3) is 10.8 Å². The van der Waals surface area contributed by atoms with Crippen molar-refractivity contribution in [2.24, 2.45) is 0 Å². The summed E-state index contributed by atoms with van der Waals surface area (Å²) in [6.45, 7) is 9.00. The van der Waals surface area contributed by atoms with Gasteiger partial charge in [0.2, 0.25) is 0 Å². The van der Waals surface area contributed by atoms with Crippen molar-refractivity contribution < 1.29 is 14.1 Å². The first-order chi connectivity index (χ1) is 13.7. The maximum atomic E-state index is 12.8. The molecule has 0 atom stereocenters. The molecule has 2 amide bonds. The molecule has 0 fully saturated rings. The van der Waals surface area contributed by atoms with Crippen molar-refractivity contribution in [3.05, 3.63) is 57.3 Å². The standard InChI is InChI=1S/C20H23N5O4/c1-10(2)17-15(12(5)24-29-17)18(26)21-22-19(27)16-13-8-6-7-9-14(13)20(28)25(23-16)11(3)4/h6-11H,1-5H3,(H,21,26)(H,22,27). The fraction of sp³-hybridized carbons (Fsp3) is 0.350. The van der Waals surface area contributed by atoms with E-state index in [-0.39, 0.29) is 28.8 Å². The Kier molecular flexibility index (Phi) is 5.49. The Bertz CT molecular complexity index is 1140. The molecule has 0 spiro atoms. The molecule has 0 saturated heterocycles. The third-order valence-electron chi connectivity index (χ3n) is 4.46. The minimum absolute atomic E-state index is 0.0420. The number of nitrogens with zero attached hydrogens (tertiary/aromatic N) is 3. The topological polar surface area (TPSA) is 119 Å². The Morgan fingerprint density at radius 1 is 1.03 bits per heavy atom. The summed E-state index contributed by atoms with van der Waals surface area (Å²) < 4.78 is 6.46. The second-order valence-electron chi connectivity index (χ2n) is 7.31. The number of aromatic nitrogens is 3. The molecule has 2 N–H and O–H groups in total. The molecule has 1 aromatic carbocycles. The van der Waals surface area contributed by atoms with Crippen LogP contribution in [0.3, 0.4) is 0 Å². The molecular formula is C20H23N5O4. The van der Waals surface area contributed by atoms with Gasteiger partial charge in [0.25, 0.3) is 17.4 Å². The summed E-state index contributed by atoms with van der Waals surface area (Å²) >= 11 is 0. The number of nitrogens with one attached hydrogen (secondary N) is 2. The monoisotopic (exact) mass is 397 g/mol. The maximum absolute atomic E-state index is 12.8. The lowest BCUT2D eigenvalue weighted by molar-refractivity contribution is 0.0841. The lowest BCUT2D eigenvalue weighted by Gasteiger charge is -2.14. The molecular weight excluding hydrogens is 374 g/mol. The first-order valence-corrected chi connectivity index (χ1v) is 9.30. The van der Waals surface area contributed by atoms with Gasteiger partial charge in [-0.15, -0.1) is 0 Å². The zero-order valence-corrected chi connectivity index (χ0v) is 16.9. The first kappa shape index (κ1) is 20.2. The van der Waals surface area contributed by atoms with Crippen LogP contribution in [0, 0.1) is 6.92 Å². The fourth-order valence-corrected chi connectivity index (χ4v) is 3.02. The molecule has 0 radical (unpaired) electrons. The van der Waals surface area contributed by atoms with Gasteiger partial charge in [-0.3, -0.25) is 25.2 Å². The molecule has 0 unspecified atom stereocenters. The Balaban J connectivity index is 1.91. The van der Waals surface area contributed by atoms with Crippen molar-refractivity contribution in [2.45, 2.75) is 46.6 Å². The average molecular weight is 397 g/mol. The van der Waals surface area contributed by atoms with E-state index >= 15 is 0 Å². The molecule has 9 heteroatoms. The molecule has 0 aliphatic carbocycles. The number of carbonyl (C=O) groups excluding carboxylic acids is 2. The van der Waals surface area contributed by atoms with E-state index in [1.54, 1.807) is 45.0 Å². The van der Waals surface area contributed by atoms with Crippen LogP contribution < -0.4 is 16.4 Å². The van der Waals surface area contributed by atoms with Gasteiger partial charge in [-0.2, -0.15) is 5.10 Å². The summed E-state index contributed by atoms with van der Waals surface area (Å²) in [5.41, 5.74) is 5.23. The van der Waals surface area contributed by atoms with E-state index in [1.165, 1.54) is 4.68 Å². The van der Waals surface area contributed by atoms with Crippen LogP contribution >= 0.6 is 0 Å². The zero-order valence-electron chi connectivity index (χ0n) is 16.9. The molecule has 3 rings (SSSR count). The number of hydrogen-bond donors (Lipinski definition) is 2. The van der Waals surface area contributed by atoms with E-state index in [4.69, 9.17) is 4.52 Å². The van der Waals surface area contributed by atoms with Crippen molar-refractivity contribution in [3.63, 3.8) is 0 Å². The molecule has 3 aromatic rings. The second kappa shape index (κ2) is 7.86. The highest BCUT2D eigenvalue weighted by molar-refractivity contribution is 6.06. The van der Waals surface area contributed by atoms with Crippen LogP contribution in [0.2, 0.25) is 0 Å². The predicted octanol–water partition coefficient (Wildman–Crippen LogP) is 2.47. The highest BCUT2D eigenvalue weighted by Crippen LogP contribution is 2.22. The fourth-order valence-electron chi connectivity index (χ4n) is 3.02. The van der Waals surface area contributed by atoms with Gasteiger partial charge in [0.15, 0.2) is 11.5 Å². The van der Waals surface area contributed by atoms with Gasteiger partial charge < -0.3 is 4.52 Å². The lowest BCUT2D eigenvalue weighted by atomic mass is 10.0. The number of hydrogen-bond acceptors (Lipinski definition) is 6. The summed E-state index contributed by atoms with van der Waals surface area (Å²) in [6.07, 6.45) is 0. The van der Waals surface area contributed by atoms with Crippen molar-refractivity contribution in [3.8, 4) is 0 Å². The Labute approximate surface area is 167 Å². The second-order valence-corrected chi connectivity index (χ2v) is 7.31. The van der Waals surface area contributed by atoms with Gasteiger partial charge in [-0.1, -0.05) is 37.2 Å².